The molecule has 2 aliphatic heterocycles. The molecule has 0 radical (unpaired) electrons. The van der Waals surface area contributed by atoms with Crippen molar-refractivity contribution in [1.82, 2.24) is 9.88 Å². The second kappa shape index (κ2) is 3.42. The molecule has 0 fully saturated rings. The highest BCUT2D eigenvalue weighted by Crippen LogP contribution is 2.38. The van der Waals surface area contributed by atoms with E-state index >= 15 is 0 Å². The van der Waals surface area contributed by atoms with Gasteiger partial charge in [-0.15, -0.1) is 0 Å². The van der Waals surface area contributed by atoms with Crippen LogP contribution < -0.4 is 0 Å². The van der Waals surface area contributed by atoms with Crippen LogP contribution in [0.3, 0.4) is 0 Å². The lowest BCUT2D eigenvalue weighted by Gasteiger charge is -2.25. The second-order valence-corrected chi connectivity index (χ2v) is 4.85. The van der Waals surface area contributed by atoms with Gasteiger partial charge in [0, 0.05) is 11.9 Å². The highest BCUT2D eigenvalue weighted by molar-refractivity contribution is 5.90. The van der Waals surface area contributed by atoms with Gasteiger partial charge in [-0.05, 0) is 30.2 Å². The first-order valence-corrected chi connectivity index (χ1v) is 6.18. The van der Waals surface area contributed by atoms with Crippen molar-refractivity contribution in [3.8, 4) is 0 Å². The highest BCUT2D eigenvalue weighted by atomic mass is 16.2. The maximum Gasteiger partial charge on any atom is 0.247 e. The van der Waals surface area contributed by atoms with E-state index in [1.54, 1.807) is 6.08 Å². The Morgan fingerprint density at radius 3 is 3.11 bits per heavy atom. The van der Waals surface area contributed by atoms with Gasteiger partial charge in [0.25, 0.3) is 0 Å². The van der Waals surface area contributed by atoms with E-state index in [4.69, 9.17) is 4.98 Å². The lowest BCUT2D eigenvalue weighted by molar-refractivity contribution is -0.129. The summed E-state index contributed by atoms with van der Waals surface area (Å²) in [4.78, 5) is 18.5. The average Bonchev–Trinajstić information content (AvgIpc) is 2.76. The summed E-state index contributed by atoms with van der Waals surface area (Å²) in [5, 5.41) is 1.15. The third-order valence-corrected chi connectivity index (χ3v) is 3.77. The number of carbonyl (C=O) groups is 1. The Kier molecular flexibility index (Phi) is 1.87. The molecule has 3 heterocycles. The van der Waals surface area contributed by atoms with Crippen LogP contribution in [0, 0.1) is 0 Å². The second-order valence-electron chi connectivity index (χ2n) is 4.85. The van der Waals surface area contributed by atoms with Gasteiger partial charge in [-0.1, -0.05) is 24.3 Å². The van der Waals surface area contributed by atoms with Crippen molar-refractivity contribution in [3.63, 3.8) is 0 Å². The van der Waals surface area contributed by atoms with Crippen molar-refractivity contribution in [2.45, 2.75) is 19.0 Å². The summed E-state index contributed by atoms with van der Waals surface area (Å²) >= 11 is 0. The van der Waals surface area contributed by atoms with E-state index in [0.29, 0.717) is 6.54 Å². The van der Waals surface area contributed by atoms with Gasteiger partial charge < -0.3 is 4.90 Å². The van der Waals surface area contributed by atoms with Crippen molar-refractivity contribution in [3.05, 3.63) is 53.7 Å². The molecule has 2 aromatic rings. The normalized spacial score (nSPS) is 21.2. The van der Waals surface area contributed by atoms with Crippen LogP contribution >= 0.6 is 0 Å². The summed E-state index contributed by atoms with van der Waals surface area (Å²) in [6.45, 7) is 0.695. The number of benzene rings is 1. The molecular weight excluding hydrogens is 224 g/mol. The number of nitrogens with zero attached hydrogens (tertiary/aromatic N) is 2. The molecule has 0 spiro atoms. The van der Waals surface area contributed by atoms with Crippen molar-refractivity contribution in [2.24, 2.45) is 0 Å². The molecule has 1 amide bonds. The largest absolute Gasteiger partial charge is 0.326 e. The van der Waals surface area contributed by atoms with E-state index in [2.05, 4.69) is 12.1 Å². The van der Waals surface area contributed by atoms with Gasteiger partial charge in [0.15, 0.2) is 0 Å². The molecule has 0 saturated heterocycles. The molecule has 0 aliphatic carbocycles. The fourth-order valence-corrected chi connectivity index (χ4v) is 2.89. The third-order valence-electron chi connectivity index (χ3n) is 3.77. The average molecular weight is 236 g/mol. The van der Waals surface area contributed by atoms with Crippen LogP contribution in [0.25, 0.3) is 10.9 Å². The zero-order valence-corrected chi connectivity index (χ0v) is 9.84. The number of amides is 1. The minimum Gasteiger partial charge on any atom is -0.326 e. The summed E-state index contributed by atoms with van der Waals surface area (Å²) in [6.07, 6.45) is 4.50. The number of carbonyl (C=O) groups excluding carboxylic acids is 1. The van der Waals surface area contributed by atoms with Crippen molar-refractivity contribution in [2.75, 3.05) is 0 Å². The van der Waals surface area contributed by atoms with Crippen LogP contribution in [0.4, 0.5) is 0 Å². The number of fused-ring (bicyclic) bond motifs is 4. The van der Waals surface area contributed by atoms with Crippen LogP contribution in [-0.4, -0.2) is 15.8 Å². The molecule has 3 heteroatoms. The number of para-hydroxylation sites is 1. The quantitative estimate of drug-likeness (QED) is 0.704. The van der Waals surface area contributed by atoms with Crippen LogP contribution in [-0.2, 0) is 11.3 Å². The molecule has 2 aliphatic rings. The first-order valence-electron chi connectivity index (χ1n) is 6.18. The summed E-state index contributed by atoms with van der Waals surface area (Å²) in [5.74, 6) is 0.105. The zero-order valence-electron chi connectivity index (χ0n) is 9.84. The lowest BCUT2D eigenvalue weighted by Crippen LogP contribution is -2.30. The molecule has 88 valence electrons. The van der Waals surface area contributed by atoms with Gasteiger partial charge in [0.2, 0.25) is 5.91 Å². The molecular formula is C15H12N2O. The maximum absolute atomic E-state index is 11.8. The Hall–Kier alpha value is -2.16. The van der Waals surface area contributed by atoms with E-state index < -0.39 is 0 Å². The van der Waals surface area contributed by atoms with Gasteiger partial charge in [-0.3, -0.25) is 9.78 Å². The topological polar surface area (TPSA) is 33.2 Å². The van der Waals surface area contributed by atoms with Crippen LogP contribution in [0.15, 0.2) is 42.5 Å². The molecule has 3 nitrogen and oxygen atoms in total. The van der Waals surface area contributed by atoms with Crippen LogP contribution in [0.1, 0.15) is 23.7 Å². The van der Waals surface area contributed by atoms with Crippen LogP contribution in [0.2, 0.25) is 0 Å². The Morgan fingerprint density at radius 1 is 1.28 bits per heavy atom. The van der Waals surface area contributed by atoms with E-state index in [-0.39, 0.29) is 11.9 Å². The molecule has 4 rings (SSSR count). The maximum atomic E-state index is 11.8. The zero-order chi connectivity index (χ0) is 12.1. The van der Waals surface area contributed by atoms with Crippen molar-refractivity contribution >= 4 is 16.8 Å². The Morgan fingerprint density at radius 2 is 2.17 bits per heavy atom. The summed E-state index contributed by atoms with van der Waals surface area (Å²) in [7, 11) is 0. The minimum atomic E-state index is 0.105. The molecule has 1 aromatic heterocycles. The Balaban J connectivity index is 1.92. The standard InChI is InChI=1S/C15H12N2O/c18-14-7-3-6-13-15-11(9-17(13)14)8-10-4-1-2-5-12(10)16-15/h1-5,7-8,13H,6,9H2. The van der Waals surface area contributed by atoms with E-state index in [0.717, 1.165) is 23.0 Å². The number of pyridine rings is 1. The molecule has 1 unspecified atom stereocenters. The molecule has 18 heavy (non-hydrogen) atoms. The first kappa shape index (κ1) is 9.83. The number of hydrogen-bond donors (Lipinski definition) is 0. The molecule has 0 saturated carbocycles. The predicted octanol–water partition coefficient (Wildman–Crippen LogP) is 2.58. The van der Waals surface area contributed by atoms with E-state index in [1.165, 1.54) is 5.56 Å². The SMILES string of the molecule is O=C1C=CCC2c3nc4ccccc4cc3CN12. The molecule has 0 N–H and O–H groups in total. The monoisotopic (exact) mass is 236 g/mol. The van der Waals surface area contributed by atoms with Gasteiger partial charge in [-0.25, -0.2) is 0 Å². The fraction of sp³-hybridized carbons (Fsp3) is 0.200. The molecule has 1 atom stereocenters. The highest BCUT2D eigenvalue weighted by Gasteiger charge is 2.35. The number of aromatic nitrogens is 1. The summed E-state index contributed by atoms with van der Waals surface area (Å²) < 4.78 is 0. The predicted molar refractivity (Wildman–Crippen MR) is 68.8 cm³/mol. The van der Waals surface area contributed by atoms with Gasteiger partial charge in [0.1, 0.15) is 0 Å². The smallest absolute Gasteiger partial charge is 0.247 e. The van der Waals surface area contributed by atoms with Gasteiger partial charge >= 0.3 is 0 Å². The van der Waals surface area contributed by atoms with E-state index in [1.807, 2.05) is 29.2 Å². The number of rotatable bonds is 0. The number of hydrogen-bond acceptors (Lipinski definition) is 2. The van der Waals surface area contributed by atoms with Crippen molar-refractivity contribution in [1.29, 1.82) is 0 Å². The first-order chi connectivity index (χ1) is 8.83. The van der Waals surface area contributed by atoms with E-state index in [9.17, 15) is 4.79 Å². The molecule has 0 bridgehead atoms. The Bertz CT molecular complexity index is 690. The van der Waals surface area contributed by atoms with Crippen molar-refractivity contribution < 1.29 is 4.79 Å². The van der Waals surface area contributed by atoms with Gasteiger partial charge in [0.05, 0.1) is 17.3 Å². The Labute approximate surface area is 105 Å². The van der Waals surface area contributed by atoms with Gasteiger partial charge in [-0.2, -0.15) is 0 Å². The van der Waals surface area contributed by atoms with Crippen LogP contribution in [0.5, 0.6) is 0 Å². The minimum absolute atomic E-state index is 0.105. The molecule has 1 aromatic carbocycles. The lowest BCUT2D eigenvalue weighted by atomic mass is 10.0. The fourth-order valence-electron chi connectivity index (χ4n) is 2.89. The third kappa shape index (κ3) is 1.24. The summed E-state index contributed by atoms with van der Waals surface area (Å²) in [6, 6.07) is 10.4. The summed E-state index contributed by atoms with van der Waals surface area (Å²) in [5.41, 5.74) is 3.28.